The Kier molecular flexibility index (Phi) is 3.87. The molecule has 0 aliphatic carbocycles. The second kappa shape index (κ2) is 5.61. The van der Waals surface area contributed by atoms with Crippen LogP contribution in [-0.2, 0) is 0 Å². The second-order valence-corrected chi connectivity index (χ2v) is 6.49. The van der Waals surface area contributed by atoms with E-state index < -0.39 is 0 Å². The molecule has 1 saturated heterocycles. The van der Waals surface area contributed by atoms with Gasteiger partial charge >= 0.3 is 0 Å². The SMILES string of the molecule is Cc1nc(C2CCNCC2c2ccccc2Cl)cs1. The fourth-order valence-corrected chi connectivity index (χ4v) is 3.82. The third-order valence-corrected chi connectivity index (χ3v) is 4.94. The Hall–Kier alpha value is -0.900. The van der Waals surface area contributed by atoms with Crippen molar-refractivity contribution >= 4 is 22.9 Å². The van der Waals surface area contributed by atoms with E-state index in [-0.39, 0.29) is 0 Å². The third-order valence-electron chi connectivity index (χ3n) is 3.80. The lowest BCUT2D eigenvalue weighted by atomic mass is 9.80. The predicted octanol–water partition coefficient (Wildman–Crippen LogP) is 3.97. The van der Waals surface area contributed by atoms with E-state index in [2.05, 4.69) is 34.7 Å². The van der Waals surface area contributed by atoms with Crippen LogP contribution in [0.3, 0.4) is 0 Å². The van der Waals surface area contributed by atoms with Crippen LogP contribution in [0.2, 0.25) is 5.02 Å². The van der Waals surface area contributed by atoms with E-state index >= 15 is 0 Å². The van der Waals surface area contributed by atoms with E-state index in [1.54, 1.807) is 11.3 Å². The number of aromatic nitrogens is 1. The van der Waals surface area contributed by atoms with E-state index in [1.807, 2.05) is 12.1 Å². The first-order chi connectivity index (χ1) is 9.25. The van der Waals surface area contributed by atoms with Crippen molar-refractivity contribution in [3.05, 3.63) is 50.9 Å². The average Bonchev–Trinajstić information content (AvgIpc) is 2.86. The number of hydrogen-bond donors (Lipinski definition) is 1. The first-order valence-corrected chi connectivity index (χ1v) is 7.88. The normalized spacial score (nSPS) is 23.5. The Bertz CT molecular complexity index is 567. The zero-order chi connectivity index (χ0) is 13.2. The highest BCUT2D eigenvalue weighted by molar-refractivity contribution is 7.09. The van der Waals surface area contributed by atoms with Crippen LogP contribution in [-0.4, -0.2) is 18.1 Å². The molecule has 1 N–H and O–H groups in total. The summed E-state index contributed by atoms with van der Waals surface area (Å²) < 4.78 is 0. The van der Waals surface area contributed by atoms with E-state index in [9.17, 15) is 0 Å². The molecule has 0 bridgehead atoms. The summed E-state index contributed by atoms with van der Waals surface area (Å²) in [5.74, 6) is 0.898. The minimum Gasteiger partial charge on any atom is -0.316 e. The second-order valence-electron chi connectivity index (χ2n) is 5.02. The molecule has 0 amide bonds. The van der Waals surface area contributed by atoms with Gasteiger partial charge < -0.3 is 5.32 Å². The summed E-state index contributed by atoms with van der Waals surface area (Å²) in [6.07, 6.45) is 1.12. The molecule has 0 spiro atoms. The minimum atomic E-state index is 0.420. The third kappa shape index (κ3) is 2.69. The predicted molar refractivity (Wildman–Crippen MR) is 81.3 cm³/mol. The van der Waals surface area contributed by atoms with Crippen molar-refractivity contribution in [2.45, 2.75) is 25.2 Å². The molecule has 1 aliphatic heterocycles. The smallest absolute Gasteiger partial charge is 0.0897 e. The highest BCUT2D eigenvalue weighted by atomic mass is 35.5. The summed E-state index contributed by atoms with van der Waals surface area (Å²) in [5, 5.41) is 7.70. The van der Waals surface area contributed by atoms with E-state index in [0.717, 1.165) is 29.5 Å². The molecule has 1 aliphatic rings. The van der Waals surface area contributed by atoms with Gasteiger partial charge in [-0.05, 0) is 31.5 Å². The maximum Gasteiger partial charge on any atom is 0.0897 e. The molecule has 2 unspecified atom stereocenters. The van der Waals surface area contributed by atoms with Crippen LogP contribution in [0.25, 0.3) is 0 Å². The first-order valence-electron chi connectivity index (χ1n) is 6.63. The lowest BCUT2D eigenvalue weighted by molar-refractivity contribution is 0.399. The maximum absolute atomic E-state index is 6.37. The molecule has 2 atom stereocenters. The number of halogens is 1. The summed E-state index contributed by atoms with van der Waals surface area (Å²) in [4.78, 5) is 4.69. The van der Waals surface area contributed by atoms with Crippen molar-refractivity contribution in [1.29, 1.82) is 0 Å². The molecule has 2 nitrogen and oxygen atoms in total. The van der Waals surface area contributed by atoms with Gasteiger partial charge in [0.1, 0.15) is 0 Å². The zero-order valence-corrected chi connectivity index (χ0v) is 12.5. The molecule has 2 heterocycles. The van der Waals surface area contributed by atoms with E-state index in [1.165, 1.54) is 11.3 Å². The van der Waals surface area contributed by atoms with Gasteiger partial charge in [-0.25, -0.2) is 4.98 Å². The number of piperidine rings is 1. The van der Waals surface area contributed by atoms with Gasteiger partial charge in [-0.3, -0.25) is 0 Å². The van der Waals surface area contributed by atoms with Crippen LogP contribution in [0.1, 0.15) is 34.5 Å². The van der Waals surface area contributed by atoms with Gasteiger partial charge in [-0.1, -0.05) is 29.8 Å². The van der Waals surface area contributed by atoms with E-state index in [0.29, 0.717) is 11.8 Å². The van der Waals surface area contributed by atoms with Crippen molar-refractivity contribution in [2.75, 3.05) is 13.1 Å². The Labute approximate surface area is 122 Å². The highest BCUT2D eigenvalue weighted by Gasteiger charge is 2.30. The number of aryl methyl sites for hydroxylation is 1. The lowest BCUT2D eigenvalue weighted by Crippen LogP contribution is -2.34. The van der Waals surface area contributed by atoms with Gasteiger partial charge in [0.05, 0.1) is 10.7 Å². The molecule has 4 heteroatoms. The van der Waals surface area contributed by atoms with Crippen molar-refractivity contribution in [3.63, 3.8) is 0 Å². The Morgan fingerprint density at radius 2 is 2.16 bits per heavy atom. The van der Waals surface area contributed by atoms with Crippen molar-refractivity contribution in [2.24, 2.45) is 0 Å². The standard InChI is InChI=1S/C15H17ClN2S/c1-10-18-15(9-19-10)12-6-7-17-8-13(12)11-4-2-3-5-14(11)16/h2-5,9,12-13,17H,6-8H2,1H3. The van der Waals surface area contributed by atoms with E-state index in [4.69, 9.17) is 11.6 Å². The molecular weight excluding hydrogens is 276 g/mol. The number of hydrogen-bond acceptors (Lipinski definition) is 3. The summed E-state index contributed by atoms with van der Waals surface area (Å²) in [6.45, 7) is 4.10. The van der Waals surface area contributed by atoms with Gasteiger partial charge in [0.2, 0.25) is 0 Å². The monoisotopic (exact) mass is 292 g/mol. The molecular formula is C15H17ClN2S. The Morgan fingerprint density at radius 3 is 2.89 bits per heavy atom. The molecule has 1 aromatic heterocycles. The number of nitrogens with zero attached hydrogens (tertiary/aromatic N) is 1. The van der Waals surface area contributed by atoms with Crippen LogP contribution >= 0.6 is 22.9 Å². The highest BCUT2D eigenvalue weighted by Crippen LogP contribution is 2.39. The molecule has 0 saturated carbocycles. The molecule has 1 aromatic carbocycles. The Balaban J connectivity index is 1.96. The summed E-state index contributed by atoms with van der Waals surface area (Å²) in [7, 11) is 0. The van der Waals surface area contributed by atoms with Gasteiger partial charge in [0.25, 0.3) is 0 Å². The van der Waals surface area contributed by atoms with Crippen LogP contribution in [0.5, 0.6) is 0 Å². The van der Waals surface area contributed by atoms with Crippen molar-refractivity contribution in [3.8, 4) is 0 Å². The molecule has 1 fully saturated rings. The largest absolute Gasteiger partial charge is 0.316 e. The van der Waals surface area contributed by atoms with Crippen LogP contribution in [0.15, 0.2) is 29.6 Å². The molecule has 2 aromatic rings. The molecule has 0 radical (unpaired) electrons. The number of thiazole rings is 1. The summed E-state index contributed by atoms with van der Waals surface area (Å²) in [6, 6.07) is 8.18. The quantitative estimate of drug-likeness (QED) is 0.906. The number of benzene rings is 1. The van der Waals surface area contributed by atoms with Gasteiger partial charge in [-0.15, -0.1) is 11.3 Å². The van der Waals surface area contributed by atoms with Crippen molar-refractivity contribution < 1.29 is 0 Å². The lowest BCUT2D eigenvalue weighted by Gasteiger charge is -2.32. The van der Waals surface area contributed by atoms with Crippen LogP contribution < -0.4 is 5.32 Å². The van der Waals surface area contributed by atoms with Gasteiger partial charge in [-0.2, -0.15) is 0 Å². The Morgan fingerprint density at radius 1 is 1.32 bits per heavy atom. The van der Waals surface area contributed by atoms with Gasteiger partial charge in [0.15, 0.2) is 0 Å². The topological polar surface area (TPSA) is 24.9 Å². The fraction of sp³-hybridized carbons (Fsp3) is 0.400. The van der Waals surface area contributed by atoms with Crippen LogP contribution in [0.4, 0.5) is 0 Å². The minimum absolute atomic E-state index is 0.420. The fourth-order valence-electron chi connectivity index (χ4n) is 2.87. The molecule has 19 heavy (non-hydrogen) atoms. The van der Waals surface area contributed by atoms with Crippen LogP contribution in [0, 0.1) is 6.92 Å². The number of nitrogens with one attached hydrogen (secondary N) is 1. The number of rotatable bonds is 2. The molecule has 100 valence electrons. The summed E-state index contributed by atoms with van der Waals surface area (Å²) in [5.41, 5.74) is 2.47. The average molecular weight is 293 g/mol. The maximum atomic E-state index is 6.37. The zero-order valence-electron chi connectivity index (χ0n) is 10.9. The first kappa shape index (κ1) is 13.1. The summed E-state index contributed by atoms with van der Waals surface area (Å²) >= 11 is 8.10. The van der Waals surface area contributed by atoms with Crippen molar-refractivity contribution in [1.82, 2.24) is 10.3 Å². The van der Waals surface area contributed by atoms with Gasteiger partial charge in [0, 0.05) is 28.8 Å². The molecule has 3 rings (SSSR count).